The maximum Gasteiger partial charge on any atom is 0.439 e. The molecular formula is C11H8F6N5O2. The average Bonchev–Trinajstić information content (AvgIpc) is 3.01. The summed E-state index contributed by atoms with van der Waals surface area (Å²) in [7, 11) is 0. The highest BCUT2D eigenvalue weighted by molar-refractivity contribution is 6.14. The van der Waals surface area contributed by atoms with Gasteiger partial charge in [0.05, 0.1) is 10.8 Å². The summed E-state index contributed by atoms with van der Waals surface area (Å²) in [6.07, 6.45) is -10.3. The summed E-state index contributed by atoms with van der Waals surface area (Å²) < 4.78 is 78.1. The van der Waals surface area contributed by atoms with Crippen LogP contribution in [-0.4, -0.2) is 26.7 Å². The maximum atomic E-state index is 13.1. The smallest absolute Gasteiger partial charge is 0.358 e. The van der Waals surface area contributed by atoms with Gasteiger partial charge in [-0.2, -0.15) is 31.4 Å². The van der Waals surface area contributed by atoms with Crippen LogP contribution in [0.3, 0.4) is 0 Å². The molecule has 131 valence electrons. The molecular weight excluding hydrogens is 348 g/mol. The molecule has 2 rings (SSSR count). The fraction of sp³-hybridized carbons (Fsp3) is 0.455. The Morgan fingerprint density at radius 2 is 1.75 bits per heavy atom. The molecule has 1 aliphatic heterocycles. The standard InChI is InChI=1S/C11H8F6N5O2/c1-4(2)5-3-6(10(12,13)14)21(20-5)7-8(11(15,16)17)18-19-9(7)22(23)24/h3-4H,1-2H3. The number of alkyl halides is 6. The predicted octanol–water partition coefficient (Wildman–Crippen LogP) is 2.96. The molecule has 0 saturated carbocycles. The summed E-state index contributed by atoms with van der Waals surface area (Å²) in [6, 6.07) is 0.529. The van der Waals surface area contributed by atoms with Crippen molar-refractivity contribution in [3.05, 3.63) is 33.3 Å². The second-order valence-electron chi connectivity index (χ2n) is 4.99. The minimum absolute atomic E-state index is 0.170. The molecule has 2 heterocycles. The van der Waals surface area contributed by atoms with Gasteiger partial charge in [0.25, 0.3) is 0 Å². The van der Waals surface area contributed by atoms with Crippen LogP contribution in [0.15, 0.2) is 16.9 Å². The Kier molecular flexibility index (Phi) is 4.06. The van der Waals surface area contributed by atoms with Gasteiger partial charge in [-0.25, -0.2) is 4.68 Å². The summed E-state index contributed by atoms with van der Waals surface area (Å²) in [6.45, 7) is 2.93. The van der Waals surface area contributed by atoms with Crippen molar-refractivity contribution in [1.29, 1.82) is 0 Å². The first-order valence-corrected chi connectivity index (χ1v) is 6.26. The first kappa shape index (κ1) is 17.7. The summed E-state index contributed by atoms with van der Waals surface area (Å²) in [5, 5.41) is 17.0. The van der Waals surface area contributed by atoms with Gasteiger partial charge < -0.3 is 10.1 Å². The lowest BCUT2D eigenvalue weighted by Crippen LogP contribution is -2.25. The lowest BCUT2D eigenvalue weighted by molar-refractivity contribution is -0.347. The molecule has 1 aromatic heterocycles. The molecule has 24 heavy (non-hydrogen) atoms. The third-order valence-electron chi connectivity index (χ3n) is 2.94. The van der Waals surface area contributed by atoms with E-state index in [1.807, 2.05) is 0 Å². The van der Waals surface area contributed by atoms with Crippen LogP contribution in [0, 0.1) is 10.1 Å². The van der Waals surface area contributed by atoms with E-state index in [0.717, 1.165) is 0 Å². The predicted molar refractivity (Wildman–Crippen MR) is 67.2 cm³/mol. The molecule has 1 aliphatic rings. The second kappa shape index (κ2) is 5.49. The first-order chi connectivity index (χ1) is 10.8. The lowest BCUT2D eigenvalue weighted by atomic mass is 10.1. The molecule has 0 bridgehead atoms. The molecule has 0 aliphatic carbocycles. The fourth-order valence-corrected chi connectivity index (χ4v) is 1.86. The fourth-order valence-electron chi connectivity index (χ4n) is 1.86. The summed E-state index contributed by atoms with van der Waals surface area (Å²) >= 11 is 0. The van der Waals surface area contributed by atoms with Crippen LogP contribution in [0.5, 0.6) is 0 Å². The molecule has 1 aromatic rings. The molecule has 7 nitrogen and oxygen atoms in total. The number of nitrogens with zero attached hydrogens (tertiary/aromatic N) is 5. The molecule has 0 fully saturated rings. The van der Waals surface area contributed by atoms with Crippen LogP contribution in [0.25, 0.3) is 5.70 Å². The molecule has 0 aromatic carbocycles. The zero-order valence-electron chi connectivity index (χ0n) is 12.0. The van der Waals surface area contributed by atoms with E-state index < -0.39 is 46.1 Å². The average molecular weight is 356 g/mol. The van der Waals surface area contributed by atoms with E-state index in [0.29, 0.717) is 6.07 Å². The Morgan fingerprint density at radius 3 is 2.17 bits per heavy atom. The molecule has 13 heteroatoms. The minimum atomic E-state index is -5.25. The topological polar surface area (TPSA) is 87.4 Å². The van der Waals surface area contributed by atoms with Gasteiger partial charge in [-0.15, -0.1) is 0 Å². The van der Waals surface area contributed by atoms with Crippen molar-refractivity contribution in [2.75, 3.05) is 0 Å². The van der Waals surface area contributed by atoms with Gasteiger partial charge in [0.1, 0.15) is 5.69 Å². The van der Waals surface area contributed by atoms with Crippen LogP contribution in [0.4, 0.5) is 26.3 Å². The van der Waals surface area contributed by atoms with E-state index in [9.17, 15) is 36.5 Å². The number of nitro groups is 1. The largest absolute Gasteiger partial charge is 0.439 e. The lowest BCUT2D eigenvalue weighted by Gasteiger charge is -2.12. The number of rotatable bonds is 2. The highest BCUT2D eigenvalue weighted by Gasteiger charge is 2.51. The van der Waals surface area contributed by atoms with Gasteiger partial charge in [-0.3, -0.25) is 0 Å². The molecule has 0 unspecified atom stereocenters. The number of hydrogen-bond donors (Lipinski definition) is 0. The monoisotopic (exact) mass is 356 g/mol. The SMILES string of the molecule is CC(C)c1cc(C(F)(F)F)n(C2=C(C(F)(F)F)[N]N=C2[N+](=O)[O-])n1. The minimum Gasteiger partial charge on any atom is -0.358 e. The van der Waals surface area contributed by atoms with E-state index >= 15 is 0 Å². The van der Waals surface area contributed by atoms with E-state index in [-0.39, 0.29) is 10.4 Å². The first-order valence-electron chi connectivity index (χ1n) is 6.26. The number of hydrogen-bond acceptors (Lipinski definition) is 4. The molecule has 0 amide bonds. The number of halogens is 6. The van der Waals surface area contributed by atoms with Gasteiger partial charge in [0.2, 0.25) is 11.4 Å². The summed E-state index contributed by atoms with van der Waals surface area (Å²) in [4.78, 5) is 9.50. The third kappa shape index (κ3) is 3.05. The van der Waals surface area contributed by atoms with Crippen molar-refractivity contribution < 1.29 is 31.3 Å². The number of aromatic nitrogens is 2. The molecule has 1 radical (unpaired) electrons. The van der Waals surface area contributed by atoms with E-state index in [4.69, 9.17) is 0 Å². The van der Waals surface area contributed by atoms with E-state index in [1.165, 1.54) is 13.8 Å². The van der Waals surface area contributed by atoms with Gasteiger partial charge in [0.15, 0.2) is 0 Å². The highest BCUT2D eigenvalue weighted by atomic mass is 19.4. The van der Waals surface area contributed by atoms with Crippen LogP contribution in [-0.2, 0) is 6.18 Å². The molecule has 0 N–H and O–H groups in total. The third-order valence-corrected chi connectivity index (χ3v) is 2.94. The van der Waals surface area contributed by atoms with Crippen LogP contribution < -0.4 is 5.43 Å². The molecule has 0 saturated heterocycles. The van der Waals surface area contributed by atoms with Gasteiger partial charge in [-0.1, -0.05) is 13.8 Å². The van der Waals surface area contributed by atoms with Crippen LogP contribution in [0.2, 0.25) is 0 Å². The van der Waals surface area contributed by atoms with Crippen LogP contribution in [0.1, 0.15) is 31.2 Å². The van der Waals surface area contributed by atoms with Crippen molar-refractivity contribution >= 4 is 11.5 Å². The summed E-state index contributed by atoms with van der Waals surface area (Å²) in [5.41, 5.74) is -2.54. The maximum absolute atomic E-state index is 13.1. The second-order valence-corrected chi connectivity index (χ2v) is 4.99. The van der Waals surface area contributed by atoms with E-state index in [1.54, 1.807) is 0 Å². The molecule has 0 atom stereocenters. The van der Waals surface area contributed by atoms with Crippen molar-refractivity contribution in [2.45, 2.75) is 32.1 Å². The Balaban J connectivity index is 2.79. The Labute approximate surface area is 129 Å². The highest BCUT2D eigenvalue weighted by Crippen LogP contribution is 2.38. The zero-order valence-corrected chi connectivity index (χ0v) is 12.0. The van der Waals surface area contributed by atoms with Crippen molar-refractivity contribution in [3.63, 3.8) is 0 Å². The number of allylic oxidation sites excluding steroid dienone is 1. The summed E-state index contributed by atoms with van der Waals surface area (Å²) in [5.74, 6) is -2.03. The van der Waals surface area contributed by atoms with Crippen molar-refractivity contribution in [3.8, 4) is 0 Å². The normalized spacial score (nSPS) is 15.8. The van der Waals surface area contributed by atoms with E-state index in [2.05, 4.69) is 15.6 Å². The van der Waals surface area contributed by atoms with Crippen molar-refractivity contribution in [2.24, 2.45) is 5.10 Å². The Hall–Kier alpha value is -2.60. The Morgan fingerprint density at radius 1 is 1.17 bits per heavy atom. The van der Waals surface area contributed by atoms with Crippen LogP contribution >= 0.6 is 0 Å². The quantitative estimate of drug-likeness (QED) is 0.464. The van der Waals surface area contributed by atoms with Gasteiger partial charge >= 0.3 is 18.2 Å². The number of amidine groups is 1. The van der Waals surface area contributed by atoms with Gasteiger partial charge in [-0.05, 0) is 22.3 Å². The Bertz CT molecular complexity index is 743. The molecule has 0 spiro atoms. The van der Waals surface area contributed by atoms with Gasteiger partial charge in [0, 0.05) is 0 Å². The zero-order chi connectivity index (χ0) is 18.4. The van der Waals surface area contributed by atoms with Crippen molar-refractivity contribution in [1.82, 2.24) is 15.2 Å².